The van der Waals surface area contributed by atoms with Crippen molar-refractivity contribution in [2.24, 2.45) is 17.8 Å². The molecule has 1 rings (SSSR count). The van der Waals surface area contributed by atoms with Gasteiger partial charge >= 0.3 is 12.0 Å². The van der Waals surface area contributed by atoms with Gasteiger partial charge in [0.1, 0.15) is 0 Å². The number of rotatable bonds is 7. The second kappa shape index (κ2) is 8.82. The van der Waals surface area contributed by atoms with Gasteiger partial charge in [-0.15, -0.1) is 0 Å². The van der Waals surface area contributed by atoms with Gasteiger partial charge in [-0.25, -0.2) is 4.79 Å². The quantitative estimate of drug-likeness (QED) is 0.629. The van der Waals surface area contributed by atoms with Crippen LogP contribution >= 0.6 is 0 Å². The zero-order chi connectivity index (χ0) is 15.0. The van der Waals surface area contributed by atoms with Crippen molar-refractivity contribution in [3.63, 3.8) is 0 Å². The Hall–Kier alpha value is -1.26. The van der Waals surface area contributed by atoms with Gasteiger partial charge in [-0.2, -0.15) is 0 Å². The predicted octanol–water partition coefficient (Wildman–Crippen LogP) is 2.61. The van der Waals surface area contributed by atoms with Crippen LogP contribution in [0.25, 0.3) is 0 Å². The van der Waals surface area contributed by atoms with E-state index < -0.39 is 5.97 Å². The molecule has 116 valence electrons. The zero-order valence-corrected chi connectivity index (χ0v) is 12.7. The van der Waals surface area contributed by atoms with E-state index >= 15 is 0 Å². The number of aliphatic carboxylic acids is 1. The molecular weight excluding hydrogens is 256 g/mol. The topological polar surface area (TPSA) is 78.4 Å². The minimum absolute atomic E-state index is 0.0719. The molecule has 0 aromatic heterocycles. The minimum Gasteiger partial charge on any atom is -0.481 e. The van der Waals surface area contributed by atoms with Crippen LogP contribution in [0.1, 0.15) is 52.4 Å². The normalized spacial score (nSPS) is 22.6. The molecule has 3 N–H and O–H groups in total. The highest BCUT2D eigenvalue weighted by atomic mass is 16.4. The maximum atomic E-state index is 11.6. The van der Waals surface area contributed by atoms with Gasteiger partial charge in [0.2, 0.25) is 0 Å². The minimum atomic E-state index is -0.728. The average Bonchev–Trinajstić information content (AvgIpc) is 2.41. The highest BCUT2D eigenvalue weighted by Gasteiger charge is 2.30. The van der Waals surface area contributed by atoms with E-state index in [1.807, 2.05) is 0 Å². The summed E-state index contributed by atoms with van der Waals surface area (Å²) in [5.41, 5.74) is 0. The van der Waals surface area contributed by atoms with E-state index in [2.05, 4.69) is 24.5 Å². The van der Waals surface area contributed by atoms with Crippen molar-refractivity contribution < 1.29 is 14.7 Å². The molecule has 0 aliphatic heterocycles. The molecular formula is C15H28N2O3. The molecule has 0 spiro atoms. The number of carboxylic acids is 1. The van der Waals surface area contributed by atoms with E-state index in [1.165, 1.54) is 0 Å². The number of hydrogen-bond acceptors (Lipinski definition) is 2. The summed E-state index contributed by atoms with van der Waals surface area (Å²) in [4.78, 5) is 22.8. The van der Waals surface area contributed by atoms with Crippen LogP contribution < -0.4 is 10.6 Å². The number of carboxylic acid groups (broad SMARTS) is 1. The third kappa shape index (κ3) is 6.26. The molecule has 1 aliphatic rings. The van der Waals surface area contributed by atoms with Gasteiger partial charge in [0.05, 0.1) is 5.92 Å². The Morgan fingerprint density at radius 2 is 1.90 bits per heavy atom. The van der Waals surface area contributed by atoms with Gasteiger partial charge in [-0.3, -0.25) is 4.79 Å². The second-order valence-electron chi connectivity index (χ2n) is 6.16. The first kappa shape index (κ1) is 16.8. The molecule has 5 heteroatoms. The maximum Gasteiger partial charge on any atom is 0.314 e. The van der Waals surface area contributed by atoms with Crippen molar-refractivity contribution in [2.75, 3.05) is 13.1 Å². The van der Waals surface area contributed by atoms with Gasteiger partial charge in [0.15, 0.2) is 0 Å². The number of carbonyl (C=O) groups excluding carboxylic acids is 1. The van der Waals surface area contributed by atoms with E-state index in [4.69, 9.17) is 0 Å². The molecule has 0 aromatic carbocycles. The summed E-state index contributed by atoms with van der Waals surface area (Å²) >= 11 is 0. The van der Waals surface area contributed by atoms with E-state index in [0.29, 0.717) is 19.0 Å². The van der Waals surface area contributed by atoms with E-state index in [-0.39, 0.29) is 17.9 Å². The monoisotopic (exact) mass is 284 g/mol. The van der Waals surface area contributed by atoms with E-state index in [9.17, 15) is 14.7 Å². The van der Waals surface area contributed by atoms with Gasteiger partial charge in [-0.05, 0) is 37.5 Å². The van der Waals surface area contributed by atoms with E-state index in [1.54, 1.807) is 0 Å². The summed E-state index contributed by atoms with van der Waals surface area (Å²) in [6.07, 6.45) is 5.75. The van der Waals surface area contributed by atoms with Crippen molar-refractivity contribution in [3.8, 4) is 0 Å². The van der Waals surface area contributed by atoms with Crippen molar-refractivity contribution in [1.82, 2.24) is 10.6 Å². The average molecular weight is 284 g/mol. The number of urea groups is 1. The fourth-order valence-electron chi connectivity index (χ4n) is 2.78. The Bertz CT molecular complexity index is 318. The lowest BCUT2D eigenvalue weighted by molar-refractivity contribution is -0.144. The number of amides is 2. The van der Waals surface area contributed by atoms with Crippen molar-refractivity contribution >= 4 is 12.0 Å². The molecule has 5 nitrogen and oxygen atoms in total. The predicted molar refractivity (Wildman–Crippen MR) is 78.6 cm³/mol. The van der Waals surface area contributed by atoms with Crippen LogP contribution in [-0.4, -0.2) is 30.2 Å². The standard InChI is InChI=1S/C15H28N2O3/c1-11(2)6-5-9-16-15(20)17-10-12-7-3-4-8-13(12)14(18)19/h11-13H,3-10H2,1-2H3,(H,18,19)(H2,16,17,20). The van der Waals surface area contributed by atoms with E-state index in [0.717, 1.165) is 38.5 Å². The lowest BCUT2D eigenvalue weighted by atomic mass is 9.79. The molecule has 0 heterocycles. The molecule has 0 aromatic rings. The Morgan fingerprint density at radius 3 is 2.55 bits per heavy atom. The van der Waals surface area contributed by atoms with Gasteiger partial charge in [-0.1, -0.05) is 26.7 Å². The number of carbonyl (C=O) groups is 2. The Labute approximate surface area is 121 Å². The van der Waals surface area contributed by atoms with Crippen LogP contribution in [-0.2, 0) is 4.79 Å². The highest BCUT2D eigenvalue weighted by Crippen LogP contribution is 2.29. The lowest BCUT2D eigenvalue weighted by Gasteiger charge is -2.28. The maximum absolute atomic E-state index is 11.6. The van der Waals surface area contributed by atoms with Crippen LogP contribution in [0.5, 0.6) is 0 Å². The van der Waals surface area contributed by atoms with Crippen LogP contribution in [0.4, 0.5) is 4.79 Å². The molecule has 2 unspecified atom stereocenters. The fourth-order valence-corrected chi connectivity index (χ4v) is 2.78. The van der Waals surface area contributed by atoms with Gasteiger partial charge < -0.3 is 15.7 Å². The Balaban J connectivity index is 2.20. The first-order chi connectivity index (χ1) is 9.50. The SMILES string of the molecule is CC(C)CCCNC(=O)NCC1CCCCC1C(=O)O. The summed E-state index contributed by atoms with van der Waals surface area (Å²) in [6.45, 7) is 5.47. The molecule has 0 bridgehead atoms. The summed E-state index contributed by atoms with van der Waals surface area (Å²) in [7, 11) is 0. The number of nitrogens with one attached hydrogen (secondary N) is 2. The molecule has 20 heavy (non-hydrogen) atoms. The van der Waals surface area contributed by atoms with Gasteiger partial charge in [0, 0.05) is 13.1 Å². The largest absolute Gasteiger partial charge is 0.481 e. The fraction of sp³-hybridized carbons (Fsp3) is 0.867. The summed E-state index contributed by atoms with van der Waals surface area (Å²) < 4.78 is 0. The third-order valence-corrected chi connectivity index (χ3v) is 3.99. The second-order valence-corrected chi connectivity index (χ2v) is 6.16. The first-order valence-electron chi connectivity index (χ1n) is 7.75. The zero-order valence-electron chi connectivity index (χ0n) is 12.7. The Morgan fingerprint density at radius 1 is 1.20 bits per heavy atom. The Kier molecular flexibility index (Phi) is 7.41. The number of hydrogen-bond donors (Lipinski definition) is 3. The van der Waals surface area contributed by atoms with Crippen molar-refractivity contribution in [2.45, 2.75) is 52.4 Å². The summed E-state index contributed by atoms with van der Waals surface area (Å²) in [5, 5.41) is 14.8. The molecule has 0 radical (unpaired) electrons. The lowest BCUT2D eigenvalue weighted by Crippen LogP contribution is -2.42. The molecule has 1 fully saturated rings. The molecule has 2 atom stereocenters. The summed E-state index contributed by atoms with van der Waals surface area (Å²) in [6, 6.07) is -0.177. The van der Waals surface area contributed by atoms with Crippen LogP contribution in [0.2, 0.25) is 0 Å². The summed E-state index contributed by atoms with van der Waals surface area (Å²) in [5.74, 6) is -0.306. The van der Waals surface area contributed by atoms with Crippen LogP contribution in [0, 0.1) is 17.8 Å². The van der Waals surface area contributed by atoms with Crippen LogP contribution in [0.3, 0.4) is 0 Å². The molecule has 1 aliphatic carbocycles. The molecule has 1 saturated carbocycles. The van der Waals surface area contributed by atoms with Crippen molar-refractivity contribution in [3.05, 3.63) is 0 Å². The van der Waals surface area contributed by atoms with Crippen molar-refractivity contribution in [1.29, 1.82) is 0 Å². The third-order valence-electron chi connectivity index (χ3n) is 3.99. The van der Waals surface area contributed by atoms with Crippen LogP contribution in [0.15, 0.2) is 0 Å². The smallest absolute Gasteiger partial charge is 0.314 e. The first-order valence-corrected chi connectivity index (χ1v) is 7.75. The van der Waals surface area contributed by atoms with Gasteiger partial charge in [0.25, 0.3) is 0 Å². The molecule has 0 saturated heterocycles. The highest BCUT2D eigenvalue weighted by molar-refractivity contribution is 5.74. The molecule has 2 amide bonds.